The number of nitrogens with one attached hydrogen (secondary N) is 3. The first kappa shape index (κ1) is 48.8. The van der Waals surface area contributed by atoms with Crippen LogP contribution in [0.3, 0.4) is 0 Å². The molecule has 0 unspecified atom stereocenters. The molecule has 4 aromatic carbocycles. The normalized spacial score (nSPS) is 11.2. The van der Waals surface area contributed by atoms with E-state index in [9.17, 15) is 0 Å². The van der Waals surface area contributed by atoms with Crippen LogP contribution in [0.1, 0.15) is 124 Å². The number of aryl methyl sites for hydroxylation is 1. The number of guanidine groups is 2. The van der Waals surface area contributed by atoms with Crippen molar-refractivity contribution < 1.29 is 40.1 Å². The number of hydrazone groups is 2. The molecule has 0 aliphatic heterocycles. The molecule has 10 N–H and O–H groups in total. The van der Waals surface area contributed by atoms with E-state index in [1.807, 2.05) is 43.5 Å². The predicted molar refractivity (Wildman–Crippen MR) is 219 cm³/mol. The highest BCUT2D eigenvalue weighted by atomic mass is 35.5. The summed E-state index contributed by atoms with van der Waals surface area (Å²) in [7, 11) is 0. The Morgan fingerprint density at radius 2 is 1.07 bits per heavy atom. The van der Waals surface area contributed by atoms with Gasteiger partial charge in [0, 0.05) is 16.2 Å². The van der Waals surface area contributed by atoms with Gasteiger partial charge in [0.1, 0.15) is 5.75 Å². The van der Waals surface area contributed by atoms with Crippen molar-refractivity contribution in [3.63, 3.8) is 0 Å². The number of aromatic hydroxyl groups is 1. The minimum Gasteiger partial charge on any atom is -1.00 e. The van der Waals surface area contributed by atoms with E-state index in [-0.39, 0.29) is 36.7 Å². The summed E-state index contributed by atoms with van der Waals surface area (Å²) in [5, 5.41) is 26.3. The second kappa shape index (κ2) is 25.7. The molecule has 0 aliphatic rings. The van der Waals surface area contributed by atoms with Crippen LogP contribution in [0.4, 0.5) is 0 Å². The number of halogens is 2. The highest BCUT2D eigenvalue weighted by Crippen LogP contribution is 2.22. The number of hydrazine groups is 1. The number of benzene rings is 4. The number of nitrogens with zero attached hydrogens (tertiary/aromatic N) is 3. The zero-order chi connectivity index (χ0) is 38.6. The molecule has 0 fully saturated rings. The van der Waals surface area contributed by atoms with Crippen LogP contribution in [-0.4, -0.2) is 35.7 Å². The molecule has 54 heavy (non-hydrogen) atoms. The maximum Gasteiger partial charge on any atom is 0.269 e. The van der Waals surface area contributed by atoms with E-state index in [2.05, 4.69) is 135 Å². The molecule has 0 saturated carbocycles. The van der Waals surface area contributed by atoms with E-state index >= 15 is 0 Å². The zero-order valence-electron chi connectivity index (χ0n) is 33.0. The lowest BCUT2D eigenvalue weighted by molar-refractivity contribution is -0.500. The fourth-order valence-corrected chi connectivity index (χ4v) is 4.79. The molecule has 10 nitrogen and oxygen atoms in total. The summed E-state index contributed by atoms with van der Waals surface area (Å²) in [4.78, 5) is 0. The van der Waals surface area contributed by atoms with Crippen LogP contribution in [-0.2, 0) is 0 Å². The van der Waals surface area contributed by atoms with Gasteiger partial charge in [0.05, 0.1) is 6.21 Å². The van der Waals surface area contributed by atoms with Crippen LogP contribution in [0.25, 0.3) is 0 Å². The highest BCUT2D eigenvalue weighted by Gasteiger charge is 2.03. The second-order valence-corrected chi connectivity index (χ2v) is 13.6. The van der Waals surface area contributed by atoms with Crippen LogP contribution in [0.2, 0.25) is 0 Å². The molecule has 12 heteroatoms. The van der Waals surface area contributed by atoms with E-state index < -0.39 is 0 Å². The highest BCUT2D eigenvalue weighted by molar-refractivity contribution is 5.82. The van der Waals surface area contributed by atoms with Gasteiger partial charge in [-0.2, -0.15) is 5.10 Å². The number of phenols is 1. The molecule has 0 aromatic heterocycles. The standard InChI is InChI=1S/C21H27N5.C11H16N4.C10H14O.2ClH/c1-15(2)19-9-5-17(6-10-19)13-23-25-21(22)26-24-14-18-7-11-20(12-8-18)16(3)4;1-8(2)10-5-3-9(4-6-10)7-14-15-11(12)13;1-7(2)10-5-4-9(11)6-8(10)3;;/h5-16H,1-4H3,(H3,22,25,26);3-8H,1-2H3,(H4,12,13,15);4-7,11H,1-3H3;2*1H/b23-13+,24-14+;14-7+;;;. The minimum absolute atomic E-state index is 0. The summed E-state index contributed by atoms with van der Waals surface area (Å²) in [5.41, 5.74) is 28.3. The molecule has 0 amide bonds. The maximum atomic E-state index is 9.12. The number of hydrogen-bond donors (Lipinski definition) is 7. The van der Waals surface area contributed by atoms with Gasteiger partial charge in [0.25, 0.3) is 11.9 Å². The molecule has 4 rings (SSSR count). The fraction of sp³-hybridized carbons (Fsp3) is 0.310. The first-order chi connectivity index (χ1) is 24.7. The van der Waals surface area contributed by atoms with Crippen molar-refractivity contribution in [2.75, 3.05) is 0 Å². The second-order valence-electron chi connectivity index (χ2n) is 13.6. The van der Waals surface area contributed by atoms with Gasteiger partial charge in [-0.3, -0.25) is 0 Å². The van der Waals surface area contributed by atoms with Crippen molar-refractivity contribution in [3.8, 4) is 5.75 Å². The summed E-state index contributed by atoms with van der Waals surface area (Å²) in [6.45, 7) is 19.3. The van der Waals surface area contributed by atoms with Gasteiger partial charge in [-0.15, -0.1) is 20.7 Å². The topological polar surface area (TPSA) is 175 Å². The first-order valence-corrected chi connectivity index (χ1v) is 17.6. The van der Waals surface area contributed by atoms with Crippen LogP contribution < -0.4 is 57.6 Å². The quantitative estimate of drug-likeness (QED) is 0.0597. The minimum atomic E-state index is 0. The van der Waals surface area contributed by atoms with Gasteiger partial charge in [-0.1, -0.05) is 110 Å². The van der Waals surface area contributed by atoms with Gasteiger partial charge in [-0.05, 0) is 100 Å². The zero-order valence-corrected chi connectivity index (χ0v) is 34.5. The van der Waals surface area contributed by atoms with E-state index in [0.717, 1.165) is 16.7 Å². The lowest BCUT2D eigenvalue weighted by Crippen LogP contribution is -3.00. The fourth-order valence-electron chi connectivity index (χ4n) is 4.79. The van der Waals surface area contributed by atoms with Crippen molar-refractivity contribution in [2.45, 2.75) is 86.0 Å². The van der Waals surface area contributed by atoms with Gasteiger partial charge in [-0.25, -0.2) is 0 Å². The van der Waals surface area contributed by atoms with E-state index in [4.69, 9.17) is 22.3 Å². The molecule has 0 aliphatic carbocycles. The summed E-state index contributed by atoms with van der Waals surface area (Å²) < 4.78 is 0. The van der Waals surface area contributed by atoms with Crippen molar-refractivity contribution >= 4 is 30.6 Å². The van der Waals surface area contributed by atoms with Crippen LogP contribution in [0.5, 0.6) is 5.75 Å². The summed E-state index contributed by atoms with van der Waals surface area (Å²) >= 11 is 0. The number of hydrogen-bond acceptors (Lipinski definition) is 4. The Balaban J connectivity index is 0.000000850. The van der Waals surface area contributed by atoms with Crippen molar-refractivity contribution in [1.29, 1.82) is 0 Å². The Labute approximate surface area is 334 Å². The molecular formula is C42H59Cl2N9O. The Kier molecular flexibility index (Phi) is 23.3. The van der Waals surface area contributed by atoms with E-state index in [1.165, 1.54) is 27.8 Å². The summed E-state index contributed by atoms with van der Waals surface area (Å²) in [6, 6.07) is 30.3. The third-order valence-corrected chi connectivity index (χ3v) is 7.92. The van der Waals surface area contributed by atoms with Crippen LogP contribution >= 0.6 is 0 Å². The van der Waals surface area contributed by atoms with E-state index in [0.29, 0.717) is 29.4 Å². The molecule has 292 valence electrons. The van der Waals surface area contributed by atoms with Crippen LogP contribution in [0.15, 0.2) is 106 Å². The molecule has 4 aromatic rings. The molecule has 0 heterocycles. The summed E-state index contributed by atoms with van der Waals surface area (Å²) in [5.74, 6) is 2.69. The average Bonchev–Trinajstić information content (AvgIpc) is 3.09. The Hall–Kier alpha value is -5.19. The Morgan fingerprint density at radius 3 is 1.48 bits per heavy atom. The molecule has 0 atom stereocenters. The molecule has 0 radical (unpaired) electrons. The number of phenolic OH excluding ortho intramolecular Hbond substituents is 1. The lowest BCUT2D eigenvalue weighted by Gasteiger charge is -2.08. The van der Waals surface area contributed by atoms with Gasteiger partial charge in [0.2, 0.25) is 6.21 Å². The SMILES string of the molecule is CC(C)c1ccc(/C=N/N=C(N)N/[NH+]=C/c2ccc(C(C)C)cc2)cc1.CC(C)c1ccc(/C=[NH+]/N=C(N)N)cc1.Cc1cc(O)ccc1C(C)C.[Cl-].[Cl-]. The van der Waals surface area contributed by atoms with Crippen molar-refractivity contribution in [1.82, 2.24) is 5.43 Å². The van der Waals surface area contributed by atoms with Gasteiger partial charge < -0.3 is 47.1 Å². The monoisotopic (exact) mass is 775 g/mol. The molecule has 0 spiro atoms. The van der Waals surface area contributed by atoms with Crippen LogP contribution in [0, 0.1) is 6.92 Å². The van der Waals surface area contributed by atoms with Crippen molar-refractivity contribution in [2.24, 2.45) is 32.5 Å². The third kappa shape index (κ3) is 19.0. The predicted octanol–water partition coefficient (Wildman–Crippen LogP) is -1.38. The third-order valence-electron chi connectivity index (χ3n) is 7.92. The number of rotatable bonds is 10. The lowest BCUT2D eigenvalue weighted by atomic mass is 9.98. The molecule has 0 bridgehead atoms. The Morgan fingerprint density at radius 1 is 0.630 bits per heavy atom. The van der Waals surface area contributed by atoms with Crippen molar-refractivity contribution in [3.05, 3.63) is 136 Å². The largest absolute Gasteiger partial charge is 1.00 e. The van der Waals surface area contributed by atoms with E-state index in [1.54, 1.807) is 24.6 Å². The maximum absolute atomic E-state index is 9.12. The smallest absolute Gasteiger partial charge is 0.269 e. The molecule has 0 saturated heterocycles. The number of nitrogens with two attached hydrogens (primary N) is 3. The van der Waals surface area contributed by atoms with Gasteiger partial charge in [0.15, 0.2) is 6.21 Å². The first-order valence-electron chi connectivity index (χ1n) is 17.6. The Bertz CT molecular complexity index is 1790. The molecular weight excluding hydrogens is 717 g/mol. The average molecular weight is 777 g/mol. The summed E-state index contributed by atoms with van der Waals surface area (Å²) in [6.07, 6.45) is 5.23. The van der Waals surface area contributed by atoms with Gasteiger partial charge >= 0.3 is 0 Å².